The number of carbonyl (C=O) groups is 1. The first-order valence-electron chi connectivity index (χ1n) is 13.6. The van der Waals surface area contributed by atoms with Crippen molar-refractivity contribution in [2.75, 3.05) is 19.4 Å². The van der Waals surface area contributed by atoms with Gasteiger partial charge in [-0.3, -0.25) is 10.1 Å². The molecule has 9 heteroatoms. The molecule has 0 unspecified atom stereocenters. The average molecular weight is 546 g/mol. The highest BCUT2D eigenvalue weighted by atomic mass is 32.2. The van der Waals surface area contributed by atoms with Crippen molar-refractivity contribution in [3.05, 3.63) is 59.2 Å². The fourth-order valence-electron chi connectivity index (χ4n) is 5.30. The number of benzene rings is 2. The van der Waals surface area contributed by atoms with Crippen LogP contribution in [0.2, 0.25) is 0 Å². The molecule has 0 saturated carbocycles. The van der Waals surface area contributed by atoms with E-state index in [4.69, 9.17) is 10.5 Å². The van der Waals surface area contributed by atoms with Gasteiger partial charge in [0.05, 0.1) is 23.8 Å². The van der Waals surface area contributed by atoms with Gasteiger partial charge < -0.3 is 20.9 Å². The predicted molar refractivity (Wildman–Crippen MR) is 150 cm³/mol. The first kappa shape index (κ1) is 30.1. The van der Waals surface area contributed by atoms with Crippen LogP contribution < -0.4 is 21.1 Å². The van der Waals surface area contributed by atoms with Gasteiger partial charge in [0.15, 0.2) is 9.84 Å². The summed E-state index contributed by atoms with van der Waals surface area (Å²) in [4.78, 5) is 12.1. The Labute approximate surface area is 227 Å². The Kier molecular flexibility index (Phi) is 10.7. The van der Waals surface area contributed by atoms with Crippen LogP contribution in [0.3, 0.4) is 0 Å². The summed E-state index contributed by atoms with van der Waals surface area (Å²) in [5, 5.41) is 16.5. The van der Waals surface area contributed by atoms with Gasteiger partial charge in [-0.1, -0.05) is 63.4 Å². The maximum atomic E-state index is 14.0. The van der Waals surface area contributed by atoms with E-state index in [0.717, 1.165) is 31.2 Å². The molecule has 0 saturated heterocycles. The summed E-state index contributed by atoms with van der Waals surface area (Å²) in [6, 6.07) is 12.3. The summed E-state index contributed by atoms with van der Waals surface area (Å²) in [5.41, 5.74) is 7.24. The number of methoxy groups -OCH3 is 1. The number of sulfone groups is 1. The number of carboxylic acids is 1. The molecular weight excluding hydrogens is 502 g/mol. The van der Waals surface area contributed by atoms with Crippen LogP contribution in [0.1, 0.15) is 81.5 Å². The first-order valence-corrected chi connectivity index (χ1v) is 15.3. The smallest absolute Gasteiger partial charge is 0.320 e. The lowest BCUT2D eigenvalue weighted by Gasteiger charge is -2.36. The summed E-state index contributed by atoms with van der Waals surface area (Å²) in [6.07, 6.45) is 5.21. The Morgan fingerprint density at radius 2 is 1.95 bits per heavy atom. The maximum Gasteiger partial charge on any atom is 0.320 e. The molecule has 0 spiro atoms. The SMILES string of the molecule is CCCC[C@]1(CC)CS(=O)(=O)c2cc(CN[C@@H](CCCCN)C(=O)O)c(OC)cc2[C@@H](c2ccccc2)N1. The van der Waals surface area contributed by atoms with Gasteiger partial charge in [-0.2, -0.15) is 0 Å². The number of nitrogens with two attached hydrogens (primary N) is 1. The molecule has 1 aliphatic rings. The van der Waals surface area contributed by atoms with Crippen molar-refractivity contribution >= 4 is 15.8 Å². The Morgan fingerprint density at radius 3 is 2.55 bits per heavy atom. The van der Waals surface area contributed by atoms with E-state index in [2.05, 4.69) is 17.6 Å². The average Bonchev–Trinajstić information content (AvgIpc) is 3.01. The minimum absolute atomic E-state index is 0.00285. The van der Waals surface area contributed by atoms with Crippen molar-refractivity contribution in [2.24, 2.45) is 5.73 Å². The third kappa shape index (κ3) is 7.14. The Balaban J connectivity index is 2.08. The Morgan fingerprint density at radius 1 is 1.21 bits per heavy atom. The topological polar surface area (TPSA) is 131 Å². The molecule has 210 valence electrons. The molecule has 0 bridgehead atoms. The number of carboxylic acid groups (broad SMARTS) is 1. The van der Waals surface area contributed by atoms with Crippen LogP contribution in [0.4, 0.5) is 0 Å². The third-order valence-electron chi connectivity index (χ3n) is 7.58. The van der Waals surface area contributed by atoms with E-state index in [9.17, 15) is 18.3 Å². The van der Waals surface area contributed by atoms with E-state index in [-0.39, 0.29) is 23.2 Å². The molecule has 2 aromatic carbocycles. The minimum atomic E-state index is -3.67. The highest BCUT2D eigenvalue weighted by molar-refractivity contribution is 7.91. The molecule has 0 radical (unpaired) electrons. The van der Waals surface area contributed by atoms with Crippen molar-refractivity contribution in [3.8, 4) is 5.75 Å². The number of hydrogen-bond donors (Lipinski definition) is 4. The van der Waals surface area contributed by atoms with Crippen LogP contribution in [-0.4, -0.2) is 50.5 Å². The van der Waals surface area contributed by atoms with Gasteiger partial charge in [-0.05, 0) is 55.5 Å². The lowest BCUT2D eigenvalue weighted by molar-refractivity contribution is -0.139. The van der Waals surface area contributed by atoms with Gasteiger partial charge >= 0.3 is 5.97 Å². The molecule has 0 amide bonds. The molecular formula is C29H43N3O5S. The molecule has 0 aromatic heterocycles. The molecule has 1 heterocycles. The molecule has 8 nitrogen and oxygen atoms in total. The summed E-state index contributed by atoms with van der Waals surface area (Å²) >= 11 is 0. The molecule has 0 fully saturated rings. The van der Waals surface area contributed by atoms with E-state index in [1.54, 1.807) is 13.2 Å². The van der Waals surface area contributed by atoms with Crippen molar-refractivity contribution < 1.29 is 23.1 Å². The van der Waals surface area contributed by atoms with Gasteiger partial charge in [-0.15, -0.1) is 0 Å². The van der Waals surface area contributed by atoms with Crippen LogP contribution in [0, 0.1) is 0 Å². The number of nitrogens with one attached hydrogen (secondary N) is 2. The van der Waals surface area contributed by atoms with Gasteiger partial charge in [0.1, 0.15) is 11.8 Å². The van der Waals surface area contributed by atoms with Crippen LogP contribution in [0.5, 0.6) is 5.75 Å². The molecule has 2 aromatic rings. The van der Waals surface area contributed by atoms with Gasteiger partial charge in [0.2, 0.25) is 0 Å². The van der Waals surface area contributed by atoms with Crippen LogP contribution in [0.25, 0.3) is 0 Å². The highest BCUT2D eigenvalue weighted by Crippen LogP contribution is 2.40. The van der Waals surface area contributed by atoms with Crippen LogP contribution >= 0.6 is 0 Å². The second kappa shape index (κ2) is 13.6. The minimum Gasteiger partial charge on any atom is -0.496 e. The summed E-state index contributed by atoms with van der Waals surface area (Å²) in [5.74, 6) is -0.415. The fraction of sp³-hybridized carbons (Fsp3) is 0.552. The van der Waals surface area contributed by atoms with Crippen LogP contribution in [-0.2, 0) is 21.2 Å². The molecule has 3 rings (SSSR count). The first-order chi connectivity index (χ1) is 18.2. The lowest BCUT2D eigenvalue weighted by atomic mass is 9.88. The number of hydrogen-bond acceptors (Lipinski definition) is 7. The number of unbranched alkanes of at least 4 members (excludes halogenated alkanes) is 2. The molecule has 5 N–H and O–H groups in total. The van der Waals surface area contributed by atoms with E-state index < -0.39 is 27.4 Å². The Bertz CT molecular complexity index is 1170. The second-order valence-corrected chi connectivity index (χ2v) is 12.2. The highest BCUT2D eigenvalue weighted by Gasteiger charge is 2.42. The summed E-state index contributed by atoms with van der Waals surface area (Å²) in [6.45, 7) is 4.84. The lowest BCUT2D eigenvalue weighted by Crippen LogP contribution is -2.50. The number of aliphatic carboxylic acids is 1. The third-order valence-corrected chi connectivity index (χ3v) is 9.53. The largest absolute Gasteiger partial charge is 0.496 e. The summed E-state index contributed by atoms with van der Waals surface area (Å²) < 4.78 is 33.7. The zero-order valence-corrected chi connectivity index (χ0v) is 23.6. The van der Waals surface area contributed by atoms with Gasteiger partial charge in [0, 0.05) is 17.6 Å². The molecule has 1 aliphatic heterocycles. The monoisotopic (exact) mass is 545 g/mol. The maximum absolute atomic E-state index is 14.0. The van der Waals surface area contributed by atoms with Crippen molar-refractivity contribution in [2.45, 2.75) is 87.9 Å². The van der Waals surface area contributed by atoms with Crippen molar-refractivity contribution in [1.82, 2.24) is 10.6 Å². The van der Waals surface area contributed by atoms with Gasteiger partial charge in [0.25, 0.3) is 0 Å². The Hall–Kier alpha value is -2.46. The standard InChI is InChI=1S/C29H43N3O5S/c1-4-6-15-29(5-2)20-38(35,36)26-17-22(19-31-24(28(33)34)14-10-11-16-30)25(37-3)18-23(26)27(32-29)21-12-8-7-9-13-21/h7-9,12-13,17-18,24,27,31-32H,4-6,10-11,14-16,19-20,30H2,1-3H3,(H,33,34)/t24-,27+,29+/m0/s1. The van der Waals surface area contributed by atoms with E-state index in [0.29, 0.717) is 42.7 Å². The number of ether oxygens (including phenoxy) is 1. The van der Waals surface area contributed by atoms with E-state index in [1.165, 1.54) is 0 Å². The molecule has 3 atom stereocenters. The van der Waals surface area contributed by atoms with Gasteiger partial charge in [-0.25, -0.2) is 8.42 Å². The quantitative estimate of drug-likeness (QED) is 0.260. The molecule has 0 aliphatic carbocycles. The molecule has 38 heavy (non-hydrogen) atoms. The summed E-state index contributed by atoms with van der Waals surface area (Å²) in [7, 11) is -2.12. The van der Waals surface area contributed by atoms with Crippen LogP contribution in [0.15, 0.2) is 47.4 Å². The fourth-order valence-corrected chi connectivity index (χ4v) is 7.47. The number of rotatable bonds is 14. The number of fused-ring (bicyclic) bond motifs is 1. The van der Waals surface area contributed by atoms with Crippen molar-refractivity contribution in [3.63, 3.8) is 0 Å². The normalized spacial score (nSPS) is 21.3. The predicted octanol–water partition coefficient (Wildman–Crippen LogP) is 4.17. The zero-order valence-electron chi connectivity index (χ0n) is 22.8. The van der Waals surface area contributed by atoms with E-state index >= 15 is 0 Å². The second-order valence-electron chi connectivity index (χ2n) is 10.2. The zero-order chi connectivity index (χ0) is 27.8. The van der Waals surface area contributed by atoms with Crippen molar-refractivity contribution in [1.29, 1.82) is 0 Å². The van der Waals surface area contributed by atoms with E-state index in [1.807, 2.05) is 43.3 Å².